The van der Waals surface area contributed by atoms with Crippen molar-refractivity contribution in [1.82, 2.24) is 9.21 Å². The van der Waals surface area contributed by atoms with Crippen molar-refractivity contribution in [3.8, 4) is 11.5 Å². The Labute approximate surface area is 126 Å². The van der Waals surface area contributed by atoms with Gasteiger partial charge < -0.3 is 14.4 Å². The van der Waals surface area contributed by atoms with E-state index < -0.39 is 10.0 Å². The molecule has 1 unspecified atom stereocenters. The molecule has 1 atom stereocenters. The van der Waals surface area contributed by atoms with Crippen LogP contribution in [0.15, 0.2) is 23.1 Å². The number of sulfonamides is 1. The van der Waals surface area contributed by atoms with Crippen LogP contribution in [0, 0.1) is 0 Å². The number of rotatable bonds is 5. The number of methoxy groups -OCH3 is 2. The summed E-state index contributed by atoms with van der Waals surface area (Å²) in [6.45, 7) is 1.06. The van der Waals surface area contributed by atoms with Gasteiger partial charge in [0.2, 0.25) is 10.0 Å². The first kappa shape index (κ1) is 16.1. The number of likely N-dealkylation sites (N-methyl/N-ethyl adjacent to an activating group) is 1. The Morgan fingerprint density at radius 3 is 2.38 bits per heavy atom. The topological polar surface area (TPSA) is 59.1 Å². The molecule has 0 radical (unpaired) electrons. The van der Waals surface area contributed by atoms with Gasteiger partial charge in [0.15, 0.2) is 11.5 Å². The second-order valence-electron chi connectivity index (χ2n) is 5.29. The standard InChI is InChI=1S/C14H22N2O4S/c1-15(2)11-7-8-16(10-11)21(17,18)12-5-6-13(19-3)14(9-12)20-4/h5-6,9,11H,7-8,10H2,1-4H3. The monoisotopic (exact) mass is 314 g/mol. The molecule has 1 aliphatic heterocycles. The maximum absolute atomic E-state index is 12.7. The number of benzene rings is 1. The van der Waals surface area contributed by atoms with E-state index in [9.17, 15) is 8.42 Å². The van der Waals surface area contributed by atoms with Gasteiger partial charge in [-0.1, -0.05) is 0 Å². The van der Waals surface area contributed by atoms with E-state index >= 15 is 0 Å². The lowest BCUT2D eigenvalue weighted by Crippen LogP contribution is -2.34. The molecule has 7 heteroatoms. The van der Waals surface area contributed by atoms with E-state index in [-0.39, 0.29) is 10.9 Å². The Kier molecular flexibility index (Phi) is 4.75. The van der Waals surface area contributed by atoms with Gasteiger partial charge in [0.05, 0.1) is 19.1 Å². The molecule has 6 nitrogen and oxygen atoms in total. The maximum Gasteiger partial charge on any atom is 0.243 e. The first-order valence-corrected chi connectivity index (χ1v) is 8.22. The lowest BCUT2D eigenvalue weighted by molar-refractivity contribution is 0.302. The van der Waals surface area contributed by atoms with E-state index in [0.717, 1.165) is 6.42 Å². The number of nitrogens with zero attached hydrogens (tertiary/aromatic N) is 2. The summed E-state index contributed by atoms with van der Waals surface area (Å²) in [5, 5.41) is 0. The van der Waals surface area contributed by atoms with Crippen molar-refractivity contribution < 1.29 is 17.9 Å². The zero-order chi connectivity index (χ0) is 15.6. The van der Waals surface area contributed by atoms with Crippen LogP contribution in [-0.2, 0) is 10.0 Å². The molecule has 2 rings (SSSR count). The summed E-state index contributed by atoms with van der Waals surface area (Å²) < 4.78 is 37.2. The van der Waals surface area contributed by atoms with Crippen LogP contribution in [0.4, 0.5) is 0 Å². The van der Waals surface area contributed by atoms with Gasteiger partial charge in [-0.2, -0.15) is 4.31 Å². The minimum Gasteiger partial charge on any atom is -0.493 e. The normalized spacial score (nSPS) is 20.0. The average Bonchev–Trinajstić information content (AvgIpc) is 2.97. The van der Waals surface area contributed by atoms with Crippen molar-refractivity contribution in [1.29, 1.82) is 0 Å². The van der Waals surface area contributed by atoms with E-state index in [4.69, 9.17) is 9.47 Å². The summed E-state index contributed by atoms with van der Waals surface area (Å²) in [6, 6.07) is 4.95. The Bertz CT molecular complexity index is 601. The zero-order valence-corrected chi connectivity index (χ0v) is 13.7. The van der Waals surface area contributed by atoms with Crippen LogP contribution >= 0.6 is 0 Å². The highest BCUT2D eigenvalue weighted by molar-refractivity contribution is 7.89. The van der Waals surface area contributed by atoms with E-state index in [2.05, 4.69) is 4.90 Å². The largest absolute Gasteiger partial charge is 0.493 e. The van der Waals surface area contributed by atoms with E-state index in [0.29, 0.717) is 24.6 Å². The van der Waals surface area contributed by atoms with Gasteiger partial charge in [0.1, 0.15) is 0 Å². The molecule has 1 saturated heterocycles. The van der Waals surface area contributed by atoms with Gasteiger partial charge in [0, 0.05) is 25.2 Å². The molecule has 1 fully saturated rings. The van der Waals surface area contributed by atoms with Crippen LogP contribution in [0.1, 0.15) is 6.42 Å². The summed E-state index contributed by atoms with van der Waals surface area (Å²) in [5.41, 5.74) is 0. The van der Waals surface area contributed by atoms with Crippen LogP contribution in [0.5, 0.6) is 11.5 Å². The quantitative estimate of drug-likeness (QED) is 0.812. The van der Waals surface area contributed by atoms with Gasteiger partial charge in [-0.15, -0.1) is 0 Å². The molecule has 1 aromatic carbocycles. The van der Waals surface area contributed by atoms with Crippen molar-refractivity contribution in [3.05, 3.63) is 18.2 Å². The molecular formula is C14H22N2O4S. The highest BCUT2D eigenvalue weighted by Gasteiger charge is 2.33. The fourth-order valence-electron chi connectivity index (χ4n) is 2.48. The van der Waals surface area contributed by atoms with Gasteiger partial charge in [-0.3, -0.25) is 0 Å². The maximum atomic E-state index is 12.7. The van der Waals surface area contributed by atoms with Crippen molar-refractivity contribution in [2.45, 2.75) is 17.4 Å². The third-order valence-electron chi connectivity index (χ3n) is 3.85. The summed E-state index contributed by atoms with van der Waals surface area (Å²) in [7, 11) is 3.46. The fraction of sp³-hybridized carbons (Fsp3) is 0.571. The third kappa shape index (κ3) is 3.14. The summed E-state index contributed by atoms with van der Waals surface area (Å²) in [6.07, 6.45) is 0.847. The molecule has 0 amide bonds. The van der Waals surface area contributed by atoms with Crippen LogP contribution in [-0.4, -0.2) is 65.1 Å². The van der Waals surface area contributed by atoms with Gasteiger partial charge in [-0.05, 0) is 32.6 Å². The molecule has 0 N–H and O–H groups in total. The predicted octanol–water partition coefficient (Wildman–Crippen LogP) is 1.03. The lowest BCUT2D eigenvalue weighted by atomic mass is 10.2. The van der Waals surface area contributed by atoms with Crippen LogP contribution in [0.2, 0.25) is 0 Å². The predicted molar refractivity (Wildman–Crippen MR) is 80.4 cm³/mol. The molecule has 0 saturated carbocycles. The highest BCUT2D eigenvalue weighted by Crippen LogP contribution is 2.31. The zero-order valence-electron chi connectivity index (χ0n) is 12.9. The van der Waals surface area contributed by atoms with E-state index in [1.165, 1.54) is 24.6 Å². The second kappa shape index (κ2) is 6.21. The van der Waals surface area contributed by atoms with Crippen LogP contribution < -0.4 is 9.47 Å². The Morgan fingerprint density at radius 1 is 1.19 bits per heavy atom. The lowest BCUT2D eigenvalue weighted by Gasteiger charge is -2.20. The molecule has 0 bridgehead atoms. The molecular weight excluding hydrogens is 292 g/mol. The van der Waals surface area contributed by atoms with Gasteiger partial charge in [0.25, 0.3) is 0 Å². The third-order valence-corrected chi connectivity index (χ3v) is 5.71. The minimum absolute atomic E-state index is 0.236. The molecule has 1 aliphatic rings. The van der Waals surface area contributed by atoms with Gasteiger partial charge >= 0.3 is 0 Å². The molecule has 0 aromatic heterocycles. The molecule has 0 aliphatic carbocycles. The smallest absolute Gasteiger partial charge is 0.243 e. The SMILES string of the molecule is COc1ccc(S(=O)(=O)N2CCC(N(C)C)C2)cc1OC. The number of ether oxygens (including phenoxy) is 2. The Balaban J connectivity index is 2.28. The van der Waals surface area contributed by atoms with E-state index in [1.54, 1.807) is 12.1 Å². The van der Waals surface area contributed by atoms with Crippen molar-refractivity contribution >= 4 is 10.0 Å². The Morgan fingerprint density at radius 2 is 1.86 bits per heavy atom. The average molecular weight is 314 g/mol. The molecule has 1 heterocycles. The van der Waals surface area contributed by atoms with Crippen molar-refractivity contribution in [3.63, 3.8) is 0 Å². The molecule has 21 heavy (non-hydrogen) atoms. The molecule has 1 aromatic rings. The molecule has 0 spiro atoms. The summed E-state index contributed by atoms with van der Waals surface area (Å²) in [5.74, 6) is 0.936. The van der Waals surface area contributed by atoms with Gasteiger partial charge in [-0.25, -0.2) is 8.42 Å². The minimum atomic E-state index is -3.49. The van der Waals surface area contributed by atoms with Crippen LogP contribution in [0.25, 0.3) is 0 Å². The molecule has 118 valence electrons. The summed E-state index contributed by atoms with van der Waals surface area (Å²) in [4.78, 5) is 2.30. The van der Waals surface area contributed by atoms with Crippen LogP contribution in [0.3, 0.4) is 0 Å². The first-order valence-electron chi connectivity index (χ1n) is 6.78. The first-order chi connectivity index (χ1) is 9.90. The fourth-order valence-corrected chi connectivity index (χ4v) is 3.98. The number of hydrogen-bond acceptors (Lipinski definition) is 5. The Hall–Kier alpha value is -1.31. The number of hydrogen-bond donors (Lipinski definition) is 0. The van der Waals surface area contributed by atoms with E-state index in [1.807, 2.05) is 14.1 Å². The van der Waals surface area contributed by atoms with Crippen molar-refractivity contribution in [2.24, 2.45) is 0 Å². The highest BCUT2D eigenvalue weighted by atomic mass is 32.2. The second-order valence-corrected chi connectivity index (χ2v) is 7.22. The summed E-state index contributed by atoms with van der Waals surface area (Å²) >= 11 is 0. The van der Waals surface area contributed by atoms with Crippen molar-refractivity contribution in [2.75, 3.05) is 41.4 Å².